The van der Waals surface area contributed by atoms with Gasteiger partial charge in [0.15, 0.2) is 11.5 Å². The Morgan fingerprint density at radius 2 is 1.93 bits per heavy atom. The van der Waals surface area contributed by atoms with Gasteiger partial charge in [0, 0.05) is 49.6 Å². The number of aromatic amines is 1. The standard InChI is InChI=1S/C30H36N8O3/c1-20-12-14-31-25(18-20)34-30(40)21-8-10-23(11-9-21)41-24-13-15-32-28-27(24)29(36-35-28)33-22-6-4-17-38(19-22)26(39)7-5-16-37(2)3/h8-15,18,22H,4-7,16-17,19H2,1-3H3,(H,31,34,40)(H2,32,33,35,36). The molecule has 5 rings (SSSR count). The maximum absolute atomic E-state index is 12.8. The predicted molar refractivity (Wildman–Crippen MR) is 158 cm³/mol. The molecule has 1 aromatic carbocycles. The lowest BCUT2D eigenvalue weighted by atomic mass is 10.0. The fraction of sp³-hybridized carbons (Fsp3) is 0.367. The summed E-state index contributed by atoms with van der Waals surface area (Å²) >= 11 is 0. The van der Waals surface area contributed by atoms with Gasteiger partial charge in [-0.2, -0.15) is 5.10 Å². The Morgan fingerprint density at radius 1 is 1.12 bits per heavy atom. The summed E-state index contributed by atoms with van der Waals surface area (Å²) in [5.74, 6) is 2.24. The molecule has 0 spiro atoms. The normalized spacial score (nSPS) is 15.2. The van der Waals surface area contributed by atoms with Crippen LogP contribution in [0.1, 0.15) is 41.6 Å². The summed E-state index contributed by atoms with van der Waals surface area (Å²) in [6, 6.07) is 12.5. The summed E-state index contributed by atoms with van der Waals surface area (Å²) in [6.45, 7) is 4.26. The van der Waals surface area contributed by atoms with Crippen molar-refractivity contribution in [2.45, 2.75) is 38.6 Å². The lowest BCUT2D eigenvalue weighted by Crippen LogP contribution is -2.45. The van der Waals surface area contributed by atoms with Gasteiger partial charge in [-0.15, -0.1) is 0 Å². The monoisotopic (exact) mass is 556 g/mol. The smallest absolute Gasteiger partial charge is 0.256 e. The number of aryl methyl sites for hydroxylation is 1. The van der Waals surface area contributed by atoms with Crippen molar-refractivity contribution in [2.75, 3.05) is 44.4 Å². The molecule has 2 amide bonds. The van der Waals surface area contributed by atoms with Crippen molar-refractivity contribution >= 4 is 34.5 Å². The Balaban J connectivity index is 1.25. The highest BCUT2D eigenvalue weighted by atomic mass is 16.5. The topological polar surface area (TPSA) is 128 Å². The highest BCUT2D eigenvalue weighted by Gasteiger charge is 2.25. The average molecular weight is 557 g/mol. The number of nitrogens with one attached hydrogen (secondary N) is 3. The number of ether oxygens (including phenoxy) is 1. The SMILES string of the molecule is Cc1ccnc(NC(=O)c2ccc(Oc3ccnc4[nH]nc(NC5CCCN(C(=O)CCCN(C)C)C5)c34)cc2)c1. The Kier molecular flexibility index (Phi) is 8.73. The second-order valence-electron chi connectivity index (χ2n) is 10.6. The molecule has 0 radical (unpaired) electrons. The molecule has 4 heterocycles. The zero-order valence-electron chi connectivity index (χ0n) is 23.7. The van der Waals surface area contributed by atoms with E-state index in [0.29, 0.717) is 47.3 Å². The maximum Gasteiger partial charge on any atom is 0.256 e. The van der Waals surface area contributed by atoms with Crippen LogP contribution < -0.4 is 15.4 Å². The molecule has 1 saturated heterocycles. The molecule has 214 valence electrons. The minimum Gasteiger partial charge on any atom is -0.456 e. The number of aromatic nitrogens is 4. The molecule has 41 heavy (non-hydrogen) atoms. The van der Waals surface area contributed by atoms with Crippen LogP contribution in [-0.4, -0.2) is 81.6 Å². The fourth-order valence-corrected chi connectivity index (χ4v) is 4.93. The van der Waals surface area contributed by atoms with Crippen molar-refractivity contribution in [3.63, 3.8) is 0 Å². The van der Waals surface area contributed by atoms with Crippen LogP contribution in [0.4, 0.5) is 11.6 Å². The summed E-state index contributed by atoms with van der Waals surface area (Å²) < 4.78 is 6.22. The first kappa shape index (κ1) is 28.0. The van der Waals surface area contributed by atoms with Crippen molar-refractivity contribution in [1.82, 2.24) is 30.0 Å². The van der Waals surface area contributed by atoms with E-state index in [9.17, 15) is 9.59 Å². The Hall–Kier alpha value is -4.51. The second kappa shape index (κ2) is 12.8. The summed E-state index contributed by atoms with van der Waals surface area (Å²) in [6.07, 6.45) is 6.60. The summed E-state index contributed by atoms with van der Waals surface area (Å²) in [5, 5.41) is 14.5. The number of rotatable bonds is 10. The van der Waals surface area contributed by atoms with E-state index < -0.39 is 0 Å². The molecule has 0 aliphatic carbocycles. The minimum absolute atomic E-state index is 0.0711. The Bertz CT molecular complexity index is 1500. The quantitative estimate of drug-likeness (QED) is 0.261. The molecule has 1 fully saturated rings. The van der Waals surface area contributed by atoms with Gasteiger partial charge in [0.05, 0.1) is 0 Å². The van der Waals surface area contributed by atoms with Gasteiger partial charge >= 0.3 is 0 Å². The Labute approximate surface area is 239 Å². The van der Waals surface area contributed by atoms with Crippen LogP contribution in [0.25, 0.3) is 11.0 Å². The first-order valence-corrected chi connectivity index (χ1v) is 13.9. The number of anilines is 2. The van der Waals surface area contributed by atoms with E-state index in [1.54, 1.807) is 42.7 Å². The number of piperidine rings is 1. The third-order valence-corrected chi connectivity index (χ3v) is 7.04. The van der Waals surface area contributed by atoms with Crippen LogP contribution in [0.5, 0.6) is 11.5 Å². The lowest BCUT2D eigenvalue weighted by molar-refractivity contribution is -0.132. The number of pyridine rings is 2. The lowest BCUT2D eigenvalue weighted by Gasteiger charge is -2.33. The van der Waals surface area contributed by atoms with E-state index in [1.165, 1.54) is 0 Å². The summed E-state index contributed by atoms with van der Waals surface area (Å²) in [5.41, 5.74) is 2.10. The number of likely N-dealkylation sites (tertiary alicyclic amines) is 1. The van der Waals surface area contributed by atoms with E-state index in [-0.39, 0.29) is 17.9 Å². The number of amides is 2. The molecule has 1 unspecified atom stereocenters. The number of H-pyrrole nitrogens is 1. The van der Waals surface area contributed by atoms with Crippen LogP contribution in [-0.2, 0) is 4.79 Å². The van der Waals surface area contributed by atoms with E-state index in [1.807, 2.05) is 38.1 Å². The van der Waals surface area contributed by atoms with Gasteiger partial charge in [0.1, 0.15) is 22.7 Å². The van der Waals surface area contributed by atoms with Crippen molar-refractivity contribution in [3.8, 4) is 11.5 Å². The van der Waals surface area contributed by atoms with Crippen LogP contribution in [0, 0.1) is 6.92 Å². The van der Waals surface area contributed by atoms with Gasteiger partial charge < -0.3 is 25.2 Å². The number of nitrogens with zero attached hydrogens (tertiary/aromatic N) is 5. The number of benzene rings is 1. The van der Waals surface area contributed by atoms with Crippen molar-refractivity contribution in [3.05, 3.63) is 66.0 Å². The molecule has 0 saturated carbocycles. The van der Waals surface area contributed by atoms with Gasteiger partial charge in [0.25, 0.3) is 5.91 Å². The summed E-state index contributed by atoms with van der Waals surface area (Å²) in [4.78, 5) is 38.1. The third-order valence-electron chi connectivity index (χ3n) is 7.04. The predicted octanol–water partition coefficient (Wildman–Crippen LogP) is 4.45. The van der Waals surface area contributed by atoms with E-state index in [0.717, 1.165) is 43.3 Å². The van der Waals surface area contributed by atoms with Gasteiger partial charge in [-0.3, -0.25) is 14.7 Å². The van der Waals surface area contributed by atoms with Gasteiger partial charge in [-0.1, -0.05) is 0 Å². The third kappa shape index (κ3) is 7.17. The zero-order valence-corrected chi connectivity index (χ0v) is 23.7. The minimum atomic E-state index is -0.250. The second-order valence-corrected chi connectivity index (χ2v) is 10.6. The highest BCUT2D eigenvalue weighted by molar-refractivity contribution is 6.03. The molecule has 11 nitrogen and oxygen atoms in total. The molecular weight excluding hydrogens is 520 g/mol. The Morgan fingerprint density at radius 3 is 2.71 bits per heavy atom. The van der Waals surface area contributed by atoms with Crippen LogP contribution in [0.15, 0.2) is 54.9 Å². The largest absolute Gasteiger partial charge is 0.456 e. The number of hydrogen-bond donors (Lipinski definition) is 3. The maximum atomic E-state index is 12.8. The fourth-order valence-electron chi connectivity index (χ4n) is 4.93. The van der Waals surface area contributed by atoms with E-state index in [2.05, 4.69) is 35.7 Å². The number of carbonyl (C=O) groups excluding carboxylic acids is 2. The van der Waals surface area contributed by atoms with E-state index >= 15 is 0 Å². The molecular formula is C30H36N8O3. The average Bonchev–Trinajstić information content (AvgIpc) is 3.37. The molecule has 4 aromatic rings. The highest BCUT2D eigenvalue weighted by Crippen LogP contribution is 2.33. The molecule has 0 bridgehead atoms. The number of fused-ring (bicyclic) bond motifs is 1. The molecule has 11 heteroatoms. The van der Waals surface area contributed by atoms with Gasteiger partial charge in [-0.05, 0) is 88.8 Å². The summed E-state index contributed by atoms with van der Waals surface area (Å²) in [7, 11) is 4.04. The number of hydrogen-bond acceptors (Lipinski definition) is 8. The molecule has 3 N–H and O–H groups in total. The first-order chi connectivity index (χ1) is 19.9. The van der Waals surface area contributed by atoms with Crippen LogP contribution in [0.3, 0.4) is 0 Å². The first-order valence-electron chi connectivity index (χ1n) is 13.9. The molecule has 1 aliphatic rings. The van der Waals surface area contributed by atoms with E-state index in [4.69, 9.17) is 4.74 Å². The molecule has 1 aliphatic heterocycles. The van der Waals surface area contributed by atoms with Crippen LogP contribution >= 0.6 is 0 Å². The van der Waals surface area contributed by atoms with Crippen molar-refractivity contribution in [2.24, 2.45) is 0 Å². The molecule has 3 aromatic heterocycles. The van der Waals surface area contributed by atoms with Gasteiger partial charge in [-0.25, -0.2) is 9.97 Å². The van der Waals surface area contributed by atoms with Crippen LogP contribution in [0.2, 0.25) is 0 Å². The van der Waals surface area contributed by atoms with Crippen molar-refractivity contribution in [1.29, 1.82) is 0 Å². The van der Waals surface area contributed by atoms with Crippen molar-refractivity contribution < 1.29 is 14.3 Å². The zero-order chi connectivity index (χ0) is 28.8. The number of carbonyl (C=O) groups is 2. The molecule has 1 atom stereocenters. The van der Waals surface area contributed by atoms with Gasteiger partial charge in [0.2, 0.25) is 5.91 Å².